The molecule has 0 fully saturated rings. The van der Waals surface area contributed by atoms with Crippen LogP contribution >= 0.6 is 11.8 Å². The summed E-state index contributed by atoms with van der Waals surface area (Å²) >= 11 is 1.30. The zero-order valence-corrected chi connectivity index (χ0v) is 19.6. The van der Waals surface area contributed by atoms with Crippen LogP contribution in [0.1, 0.15) is 26.2 Å². The maximum Gasteiger partial charge on any atom is 0.368 e. The number of ether oxygens (including phenoxy) is 1. The molecule has 0 unspecified atom stereocenters. The van der Waals surface area contributed by atoms with Gasteiger partial charge in [-0.3, -0.25) is 0 Å². The minimum atomic E-state index is -3.66. The lowest BCUT2D eigenvalue weighted by molar-refractivity contribution is -0.134. The van der Waals surface area contributed by atoms with Crippen molar-refractivity contribution in [3.63, 3.8) is 0 Å². The molecule has 32 heavy (non-hydrogen) atoms. The molecule has 1 atom stereocenters. The van der Waals surface area contributed by atoms with Crippen LogP contribution in [0.2, 0.25) is 0 Å². The van der Waals surface area contributed by atoms with Crippen LogP contribution in [0.3, 0.4) is 0 Å². The number of rotatable bonds is 8. The molecule has 2 aromatic carbocycles. The van der Waals surface area contributed by atoms with E-state index in [1.165, 1.54) is 17.8 Å². The van der Waals surface area contributed by atoms with E-state index in [1.54, 1.807) is 12.3 Å². The molecule has 3 rings (SSSR count). The van der Waals surface area contributed by atoms with E-state index in [1.807, 2.05) is 35.2 Å². The van der Waals surface area contributed by atoms with Crippen LogP contribution in [0.15, 0.2) is 64.3 Å². The van der Waals surface area contributed by atoms with E-state index >= 15 is 0 Å². The second-order valence-corrected chi connectivity index (χ2v) is 10.4. The molecule has 9 heteroatoms. The number of sulfone groups is 1. The van der Waals surface area contributed by atoms with Crippen molar-refractivity contribution in [1.82, 2.24) is 0 Å². The highest BCUT2D eigenvalue weighted by molar-refractivity contribution is 7.98. The molecule has 0 aromatic heterocycles. The number of fused-ring (bicyclic) bond motifs is 1. The smallest absolute Gasteiger partial charge is 0.368 e. The molecular weight excluding hydrogens is 453 g/mol. The average Bonchev–Trinajstić information content (AvgIpc) is 2.89. The number of halogens is 1. The van der Waals surface area contributed by atoms with E-state index in [2.05, 4.69) is 6.92 Å². The maximum absolute atomic E-state index is 13.5. The van der Waals surface area contributed by atoms with Crippen LogP contribution in [0.4, 0.5) is 15.8 Å². The third-order valence-electron chi connectivity index (χ3n) is 5.29. The summed E-state index contributed by atoms with van der Waals surface area (Å²) in [6.07, 6.45) is 4.96. The van der Waals surface area contributed by atoms with Crippen LogP contribution in [0, 0.1) is 5.92 Å². The van der Waals surface area contributed by atoms with Gasteiger partial charge in [-0.2, -0.15) is 4.39 Å². The lowest BCUT2D eigenvalue weighted by Crippen LogP contribution is -2.26. The molecule has 6 nitrogen and oxygen atoms in total. The Morgan fingerprint density at radius 1 is 1.31 bits per heavy atom. The van der Waals surface area contributed by atoms with E-state index in [9.17, 15) is 17.6 Å². The molecular formula is C23H26FNO5S2. The van der Waals surface area contributed by atoms with Crippen molar-refractivity contribution in [3.05, 3.63) is 54.6 Å². The van der Waals surface area contributed by atoms with E-state index < -0.39 is 21.6 Å². The molecule has 1 heterocycles. The normalized spacial score (nSPS) is 18.0. The van der Waals surface area contributed by atoms with Crippen LogP contribution in [0.25, 0.3) is 0 Å². The Balaban J connectivity index is 2.16. The Bertz CT molecular complexity index is 1100. The van der Waals surface area contributed by atoms with Crippen molar-refractivity contribution in [1.29, 1.82) is 0 Å². The van der Waals surface area contributed by atoms with Gasteiger partial charge in [-0.15, -0.1) is 11.8 Å². The first-order valence-electron chi connectivity index (χ1n) is 10.3. The molecule has 0 saturated heterocycles. The number of unbranched alkanes of at least 4 members (excludes halogenated alkanes) is 1. The van der Waals surface area contributed by atoms with Gasteiger partial charge in [-0.05, 0) is 36.8 Å². The highest BCUT2D eigenvalue weighted by atomic mass is 32.2. The molecule has 2 aromatic rings. The van der Waals surface area contributed by atoms with Crippen molar-refractivity contribution >= 4 is 38.9 Å². The number of hydrogen-bond acceptors (Lipinski definition) is 6. The van der Waals surface area contributed by atoms with Crippen molar-refractivity contribution in [2.75, 3.05) is 23.5 Å². The highest BCUT2D eigenvalue weighted by Crippen LogP contribution is 2.43. The lowest BCUT2D eigenvalue weighted by atomic mass is 10.0. The topological polar surface area (TPSA) is 83.9 Å². The highest BCUT2D eigenvalue weighted by Gasteiger charge is 2.33. The fourth-order valence-corrected chi connectivity index (χ4v) is 6.12. The monoisotopic (exact) mass is 479 g/mol. The van der Waals surface area contributed by atoms with Crippen molar-refractivity contribution < 1.29 is 27.4 Å². The molecule has 0 saturated carbocycles. The predicted molar refractivity (Wildman–Crippen MR) is 124 cm³/mol. The summed E-state index contributed by atoms with van der Waals surface area (Å²) in [7, 11) is -3.66. The van der Waals surface area contributed by atoms with Gasteiger partial charge in [0, 0.05) is 18.3 Å². The summed E-state index contributed by atoms with van der Waals surface area (Å²) in [5.41, 5.74) is 1.42. The number of anilines is 2. The van der Waals surface area contributed by atoms with E-state index in [0.29, 0.717) is 23.4 Å². The van der Waals surface area contributed by atoms with E-state index in [4.69, 9.17) is 9.84 Å². The zero-order valence-electron chi connectivity index (χ0n) is 18.0. The minimum Gasteiger partial charge on any atom is -0.476 e. The fraction of sp³-hybridized carbons (Fsp3) is 0.348. The summed E-state index contributed by atoms with van der Waals surface area (Å²) in [5, 5.41) is 8.73. The Labute approximate surface area is 192 Å². The number of nitrogens with zero attached hydrogens (tertiary/aromatic N) is 1. The van der Waals surface area contributed by atoms with Gasteiger partial charge >= 0.3 is 5.97 Å². The second-order valence-electron chi connectivity index (χ2n) is 7.60. The van der Waals surface area contributed by atoms with Gasteiger partial charge in [-0.1, -0.05) is 38.0 Å². The first kappa shape index (κ1) is 24.1. The van der Waals surface area contributed by atoms with Gasteiger partial charge in [0.2, 0.25) is 5.83 Å². The summed E-state index contributed by atoms with van der Waals surface area (Å²) in [6.45, 7) is 2.63. The first-order chi connectivity index (χ1) is 15.3. The van der Waals surface area contributed by atoms with Gasteiger partial charge in [0.1, 0.15) is 12.0 Å². The quantitative estimate of drug-likeness (QED) is 0.308. The number of carboxylic acids is 1. The Kier molecular flexibility index (Phi) is 7.84. The third-order valence-corrected chi connectivity index (χ3v) is 7.96. The van der Waals surface area contributed by atoms with Crippen LogP contribution < -0.4 is 9.64 Å². The SMILES string of the molecule is CCCC[C@H]1CN(c2ccccc2)c2cc(SC)c(O/C=C(\F)C(=O)O)cc2S(=O)(=O)C1. The molecule has 0 bridgehead atoms. The molecule has 0 aliphatic carbocycles. The molecule has 0 amide bonds. The number of hydrogen-bond donors (Lipinski definition) is 1. The van der Waals surface area contributed by atoms with Crippen LogP contribution in [-0.4, -0.2) is 38.0 Å². The van der Waals surface area contributed by atoms with Crippen LogP contribution in [0.5, 0.6) is 5.75 Å². The van der Waals surface area contributed by atoms with Crippen molar-refractivity contribution in [2.45, 2.75) is 36.0 Å². The number of carbonyl (C=O) groups is 1. The second kappa shape index (κ2) is 10.4. The van der Waals surface area contributed by atoms with Gasteiger partial charge in [0.25, 0.3) is 0 Å². The number of benzene rings is 2. The standard InChI is InChI=1S/C23H26FNO5S2/c1-3-4-8-16-13-25(17-9-6-5-7-10-17)19-11-21(31-2)20(30-14-18(24)23(26)27)12-22(19)32(28,29)15-16/h5-7,9-12,14,16H,3-4,8,13,15H2,1-2H3,(H,26,27)/b18-14-/t16-/m0/s1. The summed E-state index contributed by atoms with van der Waals surface area (Å²) in [6, 6.07) is 12.7. The first-order valence-corrected chi connectivity index (χ1v) is 13.2. The molecule has 1 N–H and O–H groups in total. The van der Waals surface area contributed by atoms with Gasteiger partial charge in [-0.25, -0.2) is 13.2 Å². The molecule has 0 radical (unpaired) electrons. The lowest BCUT2D eigenvalue weighted by Gasteiger charge is -2.28. The predicted octanol–water partition coefficient (Wildman–Crippen LogP) is 5.41. The molecule has 1 aliphatic heterocycles. The Hall–Kier alpha value is -2.52. The minimum absolute atomic E-state index is 0.000709. The maximum atomic E-state index is 13.5. The summed E-state index contributed by atoms with van der Waals surface area (Å²) < 4.78 is 45.5. The fourth-order valence-electron chi connectivity index (χ4n) is 3.74. The summed E-state index contributed by atoms with van der Waals surface area (Å²) in [5.74, 6) is -3.19. The Morgan fingerprint density at radius 3 is 2.66 bits per heavy atom. The van der Waals surface area contributed by atoms with Crippen molar-refractivity contribution in [2.24, 2.45) is 5.92 Å². The number of thioether (sulfide) groups is 1. The van der Waals surface area contributed by atoms with Gasteiger partial charge < -0.3 is 14.7 Å². The zero-order chi connectivity index (χ0) is 23.3. The summed E-state index contributed by atoms with van der Waals surface area (Å²) in [4.78, 5) is 13.4. The van der Waals surface area contributed by atoms with Gasteiger partial charge in [0.05, 0.1) is 21.2 Å². The molecule has 172 valence electrons. The van der Waals surface area contributed by atoms with Crippen molar-refractivity contribution in [3.8, 4) is 5.75 Å². The molecule has 1 aliphatic rings. The van der Waals surface area contributed by atoms with E-state index in [0.717, 1.165) is 24.9 Å². The number of aliphatic carboxylic acids is 1. The van der Waals surface area contributed by atoms with Gasteiger partial charge in [0.15, 0.2) is 9.84 Å². The molecule has 0 spiro atoms. The number of para-hydroxylation sites is 1. The van der Waals surface area contributed by atoms with E-state index in [-0.39, 0.29) is 22.3 Å². The largest absolute Gasteiger partial charge is 0.476 e. The van der Waals surface area contributed by atoms with Crippen LogP contribution in [-0.2, 0) is 14.6 Å². The number of carboxylic acid groups (broad SMARTS) is 1. The Morgan fingerprint density at radius 2 is 2.03 bits per heavy atom. The average molecular weight is 480 g/mol. The third kappa shape index (κ3) is 5.45.